The smallest absolute Gasteiger partial charge is 0.388 e. The van der Waals surface area contributed by atoms with Gasteiger partial charge in [-0.2, -0.15) is 0 Å². The summed E-state index contributed by atoms with van der Waals surface area (Å²) in [7, 11) is 0. The van der Waals surface area contributed by atoms with E-state index in [9.17, 15) is 9.59 Å². The Morgan fingerprint density at radius 1 is 1.22 bits per heavy atom. The van der Waals surface area contributed by atoms with Crippen molar-refractivity contribution in [2.75, 3.05) is 18.5 Å². The van der Waals surface area contributed by atoms with E-state index in [0.717, 1.165) is 40.2 Å². The fourth-order valence-electron chi connectivity index (χ4n) is 4.39. The lowest BCUT2D eigenvalue weighted by Gasteiger charge is -2.34. The molecule has 5 rings (SSSR count). The molecule has 5 heterocycles. The van der Waals surface area contributed by atoms with Gasteiger partial charge in [0.25, 0.3) is 5.89 Å². The Morgan fingerprint density at radius 3 is 2.81 bits per heavy atom. The molecule has 4 aromatic rings. The zero-order valence-corrected chi connectivity index (χ0v) is 21.5. The van der Waals surface area contributed by atoms with Crippen molar-refractivity contribution in [3.05, 3.63) is 52.3 Å². The zero-order chi connectivity index (χ0) is 26.0. The average molecular weight is 522 g/mol. The molecule has 1 saturated heterocycles. The zero-order valence-electron chi connectivity index (χ0n) is 20.7. The van der Waals surface area contributed by atoms with Crippen molar-refractivity contribution in [3.8, 4) is 33.2 Å². The Kier molecular flexibility index (Phi) is 6.85. The van der Waals surface area contributed by atoms with E-state index in [1.54, 1.807) is 29.9 Å². The Morgan fingerprint density at radius 2 is 2.05 bits per heavy atom. The van der Waals surface area contributed by atoms with Gasteiger partial charge in [0.1, 0.15) is 10.8 Å². The van der Waals surface area contributed by atoms with E-state index in [4.69, 9.17) is 14.1 Å². The van der Waals surface area contributed by atoms with Crippen LogP contribution in [-0.4, -0.2) is 49.9 Å². The molecule has 0 bridgehead atoms. The minimum atomic E-state index is -0.643. The molecule has 4 aromatic heterocycles. The second-order valence-corrected chi connectivity index (χ2v) is 10.2. The highest BCUT2D eigenvalue weighted by Gasteiger charge is 2.31. The second kappa shape index (κ2) is 10.2. The molecule has 0 aliphatic carbocycles. The Balaban J connectivity index is 1.55. The fourth-order valence-corrected chi connectivity index (χ4v) is 5.32. The molecule has 11 nitrogen and oxygen atoms in total. The number of aromatic nitrogens is 5. The van der Waals surface area contributed by atoms with Gasteiger partial charge in [-0.1, -0.05) is 0 Å². The number of nitrogens with zero attached hydrogens (tertiary/aromatic N) is 4. The van der Waals surface area contributed by atoms with Crippen LogP contribution in [0.4, 0.5) is 10.6 Å². The molecule has 1 fully saturated rings. The van der Waals surface area contributed by atoms with Crippen LogP contribution in [0.25, 0.3) is 33.2 Å². The van der Waals surface area contributed by atoms with Gasteiger partial charge in [-0.3, -0.25) is 10.3 Å². The predicted molar refractivity (Wildman–Crippen MR) is 139 cm³/mol. The lowest BCUT2D eigenvalue weighted by Crippen LogP contribution is -2.33. The molecular formula is C25H27N7O4S. The van der Waals surface area contributed by atoms with Gasteiger partial charge in [0.05, 0.1) is 16.9 Å². The topological polar surface area (TPSA) is 148 Å². The van der Waals surface area contributed by atoms with Gasteiger partial charge < -0.3 is 14.5 Å². The van der Waals surface area contributed by atoms with E-state index >= 15 is 0 Å². The number of hydrogen-bond donors (Lipinski definition) is 3. The summed E-state index contributed by atoms with van der Waals surface area (Å²) in [6.45, 7) is 7.25. The normalized spacial score (nSPS) is 16.9. The predicted octanol–water partition coefficient (Wildman–Crippen LogP) is 4.42. The molecule has 1 aliphatic rings. The van der Waals surface area contributed by atoms with Gasteiger partial charge in [-0.15, -0.1) is 16.4 Å². The van der Waals surface area contributed by atoms with Gasteiger partial charge in [-0.05, 0) is 45.7 Å². The third kappa shape index (κ3) is 5.59. The van der Waals surface area contributed by atoms with E-state index < -0.39 is 5.76 Å². The van der Waals surface area contributed by atoms with Crippen LogP contribution in [0.1, 0.15) is 45.2 Å². The number of anilines is 1. The SMILES string of the molecule is CCNC(=O)Nc1cc(-c2nc(C3CCOC(C)(C)C3)cs2)c(-c2cncc(-c3n[nH]c(=O)o3)c2)cn1. The summed E-state index contributed by atoms with van der Waals surface area (Å²) < 4.78 is 11.0. The summed E-state index contributed by atoms with van der Waals surface area (Å²) in [4.78, 5) is 37.4. The molecular weight excluding hydrogens is 494 g/mol. The van der Waals surface area contributed by atoms with Crippen molar-refractivity contribution >= 4 is 23.2 Å². The molecule has 1 atom stereocenters. The molecule has 0 radical (unpaired) electrons. The van der Waals surface area contributed by atoms with Crippen molar-refractivity contribution < 1.29 is 13.9 Å². The summed E-state index contributed by atoms with van der Waals surface area (Å²) in [6, 6.07) is 3.29. The number of rotatable bonds is 6. The lowest BCUT2D eigenvalue weighted by atomic mass is 9.87. The van der Waals surface area contributed by atoms with Crippen LogP contribution < -0.4 is 16.4 Å². The van der Waals surface area contributed by atoms with Crippen LogP contribution in [0.2, 0.25) is 0 Å². The maximum atomic E-state index is 12.1. The molecule has 0 spiro atoms. The van der Waals surface area contributed by atoms with Crippen molar-refractivity contribution in [1.29, 1.82) is 0 Å². The number of hydrogen-bond acceptors (Lipinski definition) is 9. The summed E-state index contributed by atoms with van der Waals surface area (Å²) >= 11 is 1.54. The van der Waals surface area contributed by atoms with Gasteiger partial charge in [0.15, 0.2) is 0 Å². The van der Waals surface area contributed by atoms with Crippen LogP contribution >= 0.6 is 11.3 Å². The monoisotopic (exact) mass is 521 g/mol. The van der Waals surface area contributed by atoms with Crippen molar-refractivity contribution in [2.24, 2.45) is 0 Å². The number of carbonyl (C=O) groups is 1. The number of nitrogens with one attached hydrogen (secondary N) is 3. The third-order valence-corrected chi connectivity index (χ3v) is 6.98. The average Bonchev–Trinajstić information content (AvgIpc) is 3.53. The van der Waals surface area contributed by atoms with Crippen LogP contribution in [-0.2, 0) is 4.74 Å². The largest absolute Gasteiger partial charge is 0.434 e. The first kappa shape index (κ1) is 24.8. The lowest BCUT2D eigenvalue weighted by molar-refractivity contribution is -0.0597. The summed E-state index contributed by atoms with van der Waals surface area (Å²) in [5.41, 5.74) is 3.68. The molecule has 1 unspecified atom stereocenters. The fraction of sp³-hybridized carbons (Fsp3) is 0.360. The number of pyridine rings is 2. The first-order chi connectivity index (χ1) is 17.8. The van der Waals surface area contributed by atoms with Crippen LogP contribution in [0, 0.1) is 0 Å². The van der Waals surface area contributed by atoms with Crippen LogP contribution in [0.3, 0.4) is 0 Å². The quantitative estimate of drug-likeness (QED) is 0.338. The number of ether oxygens (including phenoxy) is 1. The second-order valence-electron chi connectivity index (χ2n) is 9.36. The van der Waals surface area contributed by atoms with Crippen molar-refractivity contribution in [2.45, 2.75) is 45.1 Å². The van der Waals surface area contributed by atoms with Crippen molar-refractivity contribution in [1.82, 2.24) is 30.5 Å². The van der Waals surface area contributed by atoms with Gasteiger partial charge in [-0.25, -0.2) is 24.7 Å². The molecule has 3 N–H and O–H groups in total. The van der Waals surface area contributed by atoms with E-state index in [2.05, 4.69) is 50.0 Å². The molecule has 12 heteroatoms. The summed E-state index contributed by atoms with van der Waals surface area (Å²) in [5.74, 6) is 0.202. The van der Waals surface area contributed by atoms with E-state index in [-0.39, 0.29) is 17.5 Å². The van der Waals surface area contributed by atoms with E-state index in [0.29, 0.717) is 30.5 Å². The Labute approximate surface area is 216 Å². The van der Waals surface area contributed by atoms with Crippen LogP contribution in [0.15, 0.2) is 45.3 Å². The van der Waals surface area contributed by atoms with Gasteiger partial charge in [0.2, 0.25) is 0 Å². The standard InChI is InChI=1S/C25H27N7O4S/c1-4-27-23(33)30-20-8-17(22-29-19(13-37-22)14-5-6-35-25(2,3)9-14)18(12-28-20)15-7-16(11-26-10-15)21-31-32-24(34)36-21/h7-8,10-14H,4-6,9H2,1-3H3,(H,32,34)(H2,27,28,30,33). The number of thiazole rings is 1. The number of amides is 2. The van der Waals surface area contributed by atoms with Gasteiger partial charge >= 0.3 is 11.8 Å². The number of aromatic amines is 1. The minimum absolute atomic E-state index is 0.141. The molecule has 0 saturated carbocycles. The first-order valence-corrected chi connectivity index (χ1v) is 12.9. The Hall–Kier alpha value is -3.90. The maximum Gasteiger partial charge on any atom is 0.434 e. The maximum absolute atomic E-state index is 12.1. The molecule has 1 aliphatic heterocycles. The number of H-pyrrole nitrogens is 1. The highest BCUT2D eigenvalue weighted by atomic mass is 32.1. The summed E-state index contributed by atoms with van der Waals surface area (Å²) in [6.07, 6.45) is 6.75. The van der Waals surface area contributed by atoms with Crippen molar-refractivity contribution in [3.63, 3.8) is 0 Å². The Bertz CT molecular complexity index is 1480. The highest BCUT2D eigenvalue weighted by Crippen LogP contribution is 2.40. The molecule has 0 aromatic carbocycles. The first-order valence-electron chi connectivity index (χ1n) is 12.0. The van der Waals surface area contributed by atoms with E-state index in [1.807, 2.05) is 19.1 Å². The summed E-state index contributed by atoms with van der Waals surface area (Å²) in [5, 5.41) is 14.5. The number of carbonyl (C=O) groups excluding carboxylic acids is 1. The molecule has 37 heavy (non-hydrogen) atoms. The van der Waals surface area contributed by atoms with Crippen LogP contribution in [0.5, 0.6) is 0 Å². The molecule has 192 valence electrons. The molecule has 2 amide bonds. The van der Waals surface area contributed by atoms with Gasteiger partial charge in [0, 0.05) is 59.7 Å². The highest BCUT2D eigenvalue weighted by molar-refractivity contribution is 7.13. The minimum Gasteiger partial charge on any atom is -0.388 e. The third-order valence-electron chi connectivity index (χ3n) is 6.08. The van der Waals surface area contributed by atoms with E-state index in [1.165, 1.54) is 0 Å². The number of urea groups is 1.